The molecule has 4 aromatic rings. The number of hydrogen-bond donors (Lipinski definition) is 2. The monoisotopic (exact) mass is 611 g/mol. The molecule has 2 aromatic carbocycles. The number of ether oxygens (including phenoxy) is 4. The third-order valence-electron chi connectivity index (χ3n) is 8.08. The van der Waals surface area contributed by atoms with Crippen LogP contribution in [0.5, 0.6) is 17.5 Å². The Bertz CT molecular complexity index is 1580. The number of methoxy groups -OCH3 is 1. The summed E-state index contributed by atoms with van der Waals surface area (Å²) in [6.07, 6.45) is 6.84. The third kappa shape index (κ3) is 7.42. The molecule has 0 saturated carbocycles. The van der Waals surface area contributed by atoms with E-state index in [1.807, 2.05) is 19.1 Å². The van der Waals surface area contributed by atoms with Gasteiger partial charge in [0.2, 0.25) is 5.95 Å². The number of aromatic nitrogens is 5. The molecule has 0 bridgehead atoms. The first-order chi connectivity index (χ1) is 22.1. The van der Waals surface area contributed by atoms with E-state index in [1.54, 1.807) is 31.6 Å². The number of piperidine rings is 1. The summed E-state index contributed by atoms with van der Waals surface area (Å²) in [6, 6.07) is 14.6. The van der Waals surface area contributed by atoms with E-state index >= 15 is 0 Å². The molecule has 2 aliphatic rings. The zero-order valence-corrected chi connectivity index (χ0v) is 25.5. The molecule has 4 heterocycles. The lowest BCUT2D eigenvalue weighted by Crippen LogP contribution is -2.49. The average Bonchev–Trinajstić information content (AvgIpc) is 3.62. The second-order valence-electron chi connectivity index (χ2n) is 11.0. The van der Waals surface area contributed by atoms with Crippen LogP contribution in [0.15, 0.2) is 55.1 Å². The summed E-state index contributed by atoms with van der Waals surface area (Å²) in [6.45, 7) is 7.84. The minimum absolute atomic E-state index is 0.217. The second kappa shape index (κ2) is 14.2. The Balaban J connectivity index is 1.08. The Kier molecular flexibility index (Phi) is 9.53. The molecule has 2 fully saturated rings. The first-order valence-electron chi connectivity index (χ1n) is 15.1. The van der Waals surface area contributed by atoms with Gasteiger partial charge in [0.1, 0.15) is 36.6 Å². The van der Waals surface area contributed by atoms with Crippen molar-refractivity contribution in [1.29, 1.82) is 5.26 Å². The molecule has 2 N–H and O–H groups in total. The molecular weight excluding hydrogens is 574 g/mol. The number of aromatic amines is 1. The summed E-state index contributed by atoms with van der Waals surface area (Å²) < 4.78 is 22.8. The SMILES string of the molecule is COc1cc(N2CCC(N3CCOCC3)CC2)ccc1Nc1ncc(-c2ccc(C#N)c(O[C@@H](C)COc3nc[nH]n3)c2)cn1. The summed E-state index contributed by atoms with van der Waals surface area (Å²) in [5.74, 6) is 1.61. The van der Waals surface area contributed by atoms with Crippen molar-refractivity contribution in [2.45, 2.75) is 31.9 Å². The van der Waals surface area contributed by atoms with Gasteiger partial charge in [-0.2, -0.15) is 10.2 Å². The van der Waals surface area contributed by atoms with Crippen LogP contribution in [-0.4, -0.2) is 95.3 Å². The summed E-state index contributed by atoms with van der Waals surface area (Å²) in [4.78, 5) is 18.0. The lowest BCUT2D eigenvalue weighted by Gasteiger charge is -2.40. The highest BCUT2D eigenvalue weighted by molar-refractivity contribution is 5.70. The predicted molar refractivity (Wildman–Crippen MR) is 168 cm³/mol. The number of nitrogens with one attached hydrogen (secondary N) is 2. The highest BCUT2D eigenvalue weighted by atomic mass is 16.5. The quantitative estimate of drug-likeness (QED) is 0.252. The summed E-state index contributed by atoms with van der Waals surface area (Å²) in [5, 5.41) is 19.4. The van der Waals surface area contributed by atoms with Crippen molar-refractivity contribution in [3.8, 4) is 34.7 Å². The molecule has 234 valence electrons. The molecule has 0 radical (unpaired) electrons. The topological polar surface area (TPSA) is 147 Å². The summed E-state index contributed by atoms with van der Waals surface area (Å²) in [7, 11) is 1.67. The van der Waals surface area contributed by atoms with E-state index in [2.05, 4.69) is 58.5 Å². The number of nitriles is 1. The zero-order chi connectivity index (χ0) is 31.0. The number of H-pyrrole nitrogens is 1. The van der Waals surface area contributed by atoms with Gasteiger partial charge in [-0.05, 0) is 49.6 Å². The third-order valence-corrected chi connectivity index (χ3v) is 8.08. The maximum Gasteiger partial charge on any atom is 0.335 e. The maximum absolute atomic E-state index is 9.61. The van der Waals surface area contributed by atoms with Crippen molar-refractivity contribution in [1.82, 2.24) is 30.0 Å². The zero-order valence-electron chi connectivity index (χ0n) is 25.5. The smallest absolute Gasteiger partial charge is 0.335 e. The van der Waals surface area contributed by atoms with Crippen LogP contribution in [0.25, 0.3) is 11.1 Å². The van der Waals surface area contributed by atoms with Gasteiger partial charge < -0.3 is 29.2 Å². The van der Waals surface area contributed by atoms with Gasteiger partial charge >= 0.3 is 6.01 Å². The molecule has 0 amide bonds. The second-order valence-corrected chi connectivity index (χ2v) is 11.0. The van der Waals surface area contributed by atoms with E-state index in [0.717, 1.165) is 80.5 Å². The average molecular weight is 612 g/mol. The number of rotatable bonds is 11. The first kappa shape index (κ1) is 30.1. The Labute approximate surface area is 262 Å². The Morgan fingerprint density at radius 3 is 2.53 bits per heavy atom. The van der Waals surface area contributed by atoms with Crippen LogP contribution in [0, 0.1) is 11.3 Å². The Morgan fingerprint density at radius 1 is 1.02 bits per heavy atom. The predicted octanol–water partition coefficient (Wildman–Crippen LogP) is 4.03. The molecule has 45 heavy (non-hydrogen) atoms. The number of anilines is 3. The van der Waals surface area contributed by atoms with Gasteiger partial charge in [0.15, 0.2) is 0 Å². The Hall–Kier alpha value is -4.93. The molecule has 13 nitrogen and oxygen atoms in total. The molecular formula is C32H37N9O4. The van der Waals surface area contributed by atoms with Gasteiger partial charge in [-0.25, -0.2) is 9.97 Å². The van der Waals surface area contributed by atoms with Gasteiger partial charge in [0, 0.05) is 61.9 Å². The lowest BCUT2D eigenvalue weighted by molar-refractivity contribution is 0.0115. The van der Waals surface area contributed by atoms with Crippen LogP contribution in [0.2, 0.25) is 0 Å². The molecule has 0 spiro atoms. The molecule has 2 saturated heterocycles. The highest BCUT2D eigenvalue weighted by Gasteiger charge is 2.26. The van der Waals surface area contributed by atoms with E-state index in [4.69, 9.17) is 18.9 Å². The number of nitrogens with zero attached hydrogens (tertiary/aromatic N) is 7. The number of morpholine rings is 1. The first-order valence-corrected chi connectivity index (χ1v) is 15.1. The van der Waals surface area contributed by atoms with Crippen molar-refractivity contribution in [2.75, 3.05) is 63.3 Å². The van der Waals surface area contributed by atoms with E-state index < -0.39 is 0 Å². The lowest BCUT2D eigenvalue weighted by atomic mass is 10.0. The van der Waals surface area contributed by atoms with Crippen LogP contribution in [-0.2, 0) is 4.74 Å². The van der Waals surface area contributed by atoms with Gasteiger partial charge in [-0.1, -0.05) is 6.07 Å². The van der Waals surface area contributed by atoms with E-state index in [-0.39, 0.29) is 18.7 Å². The van der Waals surface area contributed by atoms with Gasteiger partial charge in [-0.3, -0.25) is 10.00 Å². The van der Waals surface area contributed by atoms with Crippen molar-refractivity contribution in [3.63, 3.8) is 0 Å². The van der Waals surface area contributed by atoms with Crippen LogP contribution in [0.1, 0.15) is 25.3 Å². The van der Waals surface area contributed by atoms with Gasteiger partial charge in [-0.15, -0.1) is 5.10 Å². The fraction of sp³-hybridized carbons (Fsp3) is 0.406. The van der Waals surface area contributed by atoms with Crippen molar-refractivity contribution in [3.05, 3.63) is 60.7 Å². The number of benzene rings is 2. The molecule has 2 aromatic heterocycles. The molecule has 2 aliphatic heterocycles. The van der Waals surface area contributed by atoms with Crippen LogP contribution < -0.4 is 24.4 Å². The number of hydrogen-bond acceptors (Lipinski definition) is 12. The Morgan fingerprint density at radius 2 is 1.82 bits per heavy atom. The molecule has 0 aliphatic carbocycles. The summed E-state index contributed by atoms with van der Waals surface area (Å²) >= 11 is 0. The van der Waals surface area contributed by atoms with Crippen LogP contribution in [0.3, 0.4) is 0 Å². The summed E-state index contributed by atoms with van der Waals surface area (Å²) in [5.41, 5.74) is 3.94. The minimum atomic E-state index is -0.350. The van der Waals surface area contributed by atoms with Crippen molar-refractivity contribution >= 4 is 17.3 Å². The highest BCUT2D eigenvalue weighted by Crippen LogP contribution is 2.33. The van der Waals surface area contributed by atoms with Crippen LogP contribution >= 0.6 is 0 Å². The molecule has 6 rings (SSSR count). The van der Waals surface area contributed by atoms with Gasteiger partial charge in [0.25, 0.3) is 0 Å². The van der Waals surface area contributed by atoms with Crippen LogP contribution in [0.4, 0.5) is 17.3 Å². The van der Waals surface area contributed by atoms with Gasteiger partial charge in [0.05, 0.1) is 31.6 Å². The molecule has 1 atom stereocenters. The van der Waals surface area contributed by atoms with E-state index in [0.29, 0.717) is 23.3 Å². The fourth-order valence-corrected chi connectivity index (χ4v) is 5.67. The van der Waals surface area contributed by atoms with Crippen molar-refractivity contribution < 1.29 is 18.9 Å². The molecule has 13 heteroatoms. The van der Waals surface area contributed by atoms with E-state index in [1.165, 1.54) is 6.33 Å². The fourth-order valence-electron chi connectivity index (χ4n) is 5.67. The maximum atomic E-state index is 9.61. The largest absolute Gasteiger partial charge is 0.494 e. The standard InChI is InChI=1S/C32H37N9O4/c1-22(20-44-32-36-21-37-39-32)45-29-15-23(3-4-24(29)17-33)25-18-34-31(35-19-25)38-28-6-5-27(16-30(28)42-2)40-9-7-26(8-10-40)41-11-13-43-14-12-41/h3-6,15-16,18-19,21-22,26H,7-14,20H2,1-2H3,(H,34,35,38)(H,36,37,39)/t22-/m0/s1. The van der Waals surface area contributed by atoms with Crippen molar-refractivity contribution in [2.24, 2.45) is 0 Å². The normalized spacial score (nSPS) is 16.5. The minimum Gasteiger partial charge on any atom is -0.494 e. The van der Waals surface area contributed by atoms with E-state index in [9.17, 15) is 5.26 Å². The molecule has 0 unspecified atom stereocenters.